The third-order valence-corrected chi connectivity index (χ3v) is 2.85. The minimum absolute atomic E-state index is 0.160. The van der Waals surface area contributed by atoms with Gasteiger partial charge in [-0.2, -0.15) is 5.26 Å². The molecule has 3 nitrogen and oxygen atoms in total. The molecule has 0 aromatic heterocycles. The maximum absolute atomic E-state index is 9.19. The van der Waals surface area contributed by atoms with Crippen LogP contribution in [0.3, 0.4) is 0 Å². The number of rotatable bonds is 7. The molecule has 0 fully saturated rings. The van der Waals surface area contributed by atoms with Gasteiger partial charge in [-0.25, -0.2) is 0 Å². The SMILES string of the molecule is CC(C#N)(CCc1ccccc1)NCCCO. The molecular formula is C14H20N2O. The van der Waals surface area contributed by atoms with Gasteiger partial charge in [0, 0.05) is 6.61 Å². The zero-order valence-corrected chi connectivity index (χ0v) is 10.3. The van der Waals surface area contributed by atoms with E-state index in [-0.39, 0.29) is 6.61 Å². The van der Waals surface area contributed by atoms with Crippen LogP contribution in [0.25, 0.3) is 0 Å². The number of nitrogens with one attached hydrogen (secondary N) is 1. The topological polar surface area (TPSA) is 56.0 Å². The van der Waals surface area contributed by atoms with Crippen LogP contribution < -0.4 is 5.32 Å². The molecule has 0 aliphatic rings. The van der Waals surface area contributed by atoms with Gasteiger partial charge in [0.25, 0.3) is 0 Å². The van der Waals surface area contributed by atoms with Gasteiger partial charge < -0.3 is 5.11 Å². The molecule has 0 spiro atoms. The standard InChI is InChI=1S/C14H20N2O/c1-14(12-15,16-10-5-11-17)9-8-13-6-3-2-4-7-13/h2-4,6-7,16-17H,5,8-11H2,1H3. The Hall–Kier alpha value is -1.37. The molecule has 1 aromatic carbocycles. The minimum Gasteiger partial charge on any atom is -0.396 e. The third kappa shape index (κ3) is 4.99. The number of nitrogens with zero attached hydrogens (tertiary/aromatic N) is 1. The summed E-state index contributed by atoms with van der Waals surface area (Å²) in [6, 6.07) is 12.5. The van der Waals surface area contributed by atoms with Crippen molar-refractivity contribution in [2.45, 2.75) is 31.7 Å². The van der Waals surface area contributed by atoms with Gasteiger partial charge in [0.1, 0.15) is 5.54 Å². The van der Waals surface area contributed by atoms with Gasteiger partial charge in [-0.3, -0.25) is 5.32 Å². The van der Waals surface area contributed by atoms with Gasteiger partial charge in [0.15, 0.2) is 0 Å². The van der Waals surface area contributed by atoms with Crippen molar-refractivity contribution in [3.8, 4) is 6.07 Å². The van der Waals surface area contributed by atoms with E-state index >= 15 is 0 Å². The van der Waals surface area contributed by atoms with Crippen molar-refractivity contribution in [2.75, 3.05) is 13.2 Å². The summed E-state index contributed by atoms with van der Waals surface area (Å²) in [6.07, 6.45) is 2.35. The molecular weight excluding hydrogens is 212 g/mol. The predicted molar refractivity (Wildman–Crippen MR) is 68.5 cm³/mol. The Kier molecular flexibility index (Phi) is 5.68. The summed E-state index contributed by atoms with van der Waals surface area (Å²) in [4.78, 5) is 0. The van der Waals surface area contributed by atoms with E-state index in [0.29, 0.717) is 13.0 Å². The molecule has 1 rings (SSSR count). The number of hydrogen-bond donors (Lipinski definition) is 2. The van der Waals surface area contributed by atoms with E-state index in [1.54, 1.807) is 0 Å². The molecule has 0 bridgehead atoms. The van der Waals surface area contributed by atoms with Crippen LogP contribution in [0.2, 0.25) is 0 Å². The number of hydrogen-bond acceptors (Lipinski definition) is 3. The molecule has 0 heterocycles. The van der Waals surface area contributed by atoms with Crippen molar-refractivity contribution < 1.29 is 5.11 Å². The van der Waals surface area contributed by atoms with Crippen LogP contribution in [0.1, 0.15) is 25.3 Å². The summed E-state index contributed by atoms with van der Waals surface area (Å²) < 4.78 is 0. The Labute approximate surface area is 103 Å². The number of aliphatic hydroxyl groups excluding tert-OH is 1. The van der Waals surface area contributed by atoms with Crippen LogP contribution in [0, 0.1) is 11.3 Å². The van der Waals surface area contributed by atoms with Crippen molar-refractivity contribution in [2.24, 2.45) is 0 Å². The Morgan fingerprint density at radius 3 is 2.65 bits per heavy atom. The molecule has 0 aliphatic carbocycles. The van der Waals surface area contributed by atoms with Crippen molar-refractivity contribution in [3.05, 3.63) is 35.9 Å². The quantitative estimate of drug-likeness (QED) is 0.706. The smallest absolute Gasteiger partial charge is 0.104 e. The Bertz CT molecular complexity index is 358. The molecule has 92 valence electrons. The van der Waals surface area contributed by atoms with Crippen LogP contribution in [-0.2, 0) is 6.42 Å². The number of aliphatic hydroxyl groups is 1. The van der Waals surface area contributed by atoms with Gasteiger partial charge in [-0.1, -0.05) is 30.3 Å². The van der Waals surface area contributed by atoms with Crippen molar-refractivity contribution >= 4 is 0 Å². The normalized spacial score (nSPS) is 13.9. The maximum Gasteiger partial charge on any atom is 0.104 e. The molecule has 1 unspecified atom stereocenters. The van der Waals surface area contributed by atoms with Gasteiger partial charge in [0.05, 0.1) is 6.07 Å². The summed E-state index contributed by atoms with van der Waals surface area (Å²) in [6.45, 7) is 2.75. The third-order valence-electron chi connectivity index (χ3n) is 2.85. The van der Waals surface area contributed by atoms with E-state index in [9.17, 15) is 5.26 Å². The van der Waals surface area contributed by atoms with E-state index < -0.39 is 5.54 Å². The second-order valence-corrected chi connectivity index (χ2v) is 4.43. The summed E-state index contributed by atoms with van der Waals surface area (Å²) in [5.41, 5.74) is 0.739. The number of aryl methyl sites for hydroxylation is 1. The maximum atomic E-state index is 9.19. The first-order valence-corrected chi connectivity index (χ1v) is 6.01. The fourth-order valence-electron chi connectivity index (χ4n) is 1.67. The molecule has 0 amide bonds. The first-order valence-electron chi connectivity index (χ1n) is 6.01. The molecule has 1 atom stereocenters. The molecule has 1 aromatic rings. The van der Waals surface area contributed by atoms with Gasteiger partial charge >= 0.3 is 0 Å². The van der Waals surface area contributed by atoms with Crippen LogP contribution in [0.15, 0.2) is 30.3 Å². The number of benzene rings is 1. The van der Waals surface area contributed by atoms with E-state index in [1.807, 2.05) is 25.1 Å². The van der Waals surface area contributed by atoms with Gasteiger partial charge in [0.2, 0.25) is 0 Å². The summed E-state index contributed by atoms with van der Waals surface area (Å²) in [7, 11) is 0. The monoisotopic (exact) mass is 232 g/mol. The lowest BCUT2D eigenvalue weighted by molar-refractivity contribution is 0.278. The van der Waals surface area contributed by atoms with Crippen molar-refractivity contribution in [1.29, 1.82) is 5.26 Å². The molecule has 17 heavy (non-hydrogen) atoms. The van der Waals surface area contributed by atoms with Gasteiger partial charge in [-0.15, -0.1) is 0 Å². The van der Waals surface area contributed by atoms with Crippen LogP contribution in [0.5, 0.6) is 0 Å². The molecule has 0 radical (unpaired) electrons. The molecule has 0 aliphatic heterocycles. The summed E-state index contributed by atoms with van der Waals surface area (Å²) in [5, 5.41) is 21.1. The highest BCUT2D eigenvalue weighted by molar-refractivity contribution is 5.16. The zero-order chi connectivity index (χ0) is 12.6. The highest BCUT2D eigenvalue weighted by Gasteiger charge is 2.22. The first-order chi connectivity index (χ1) is 8.20. The highest BCUT2D eigenvalue weighted by Crippen LogP contribution is 2.13. The molecule has 2 N–H and O–H groups in total. The molecule has 0 saturated heterocycles. The second kappa shape index (κ2) is 7.05. The summed E-state index contributed by atoms with van der Waals surface area (Å²) >= 11 is 0. The van der Waals surface area contributed by atoms with E-state index in [4.69, 9.17) is 5.11 Å². The fraction of sp³-hybridized carbons (Fsp3) is 0.500. The lowest BCUT2D eigenvalue weighted by atomic mass is 9.94. The average molecular weight is 232 g/mol. The molecule has 3 heteroatoms. The minimum atomic E-state index is -0.509. The van der Waals surface area contributed by atoms with E-state index in [1.165, 1.54) is 5.56 Å². The average Bonchev–Trinajstić information content (AvgIpc) is 2.38. The lowest BCUT2D eigenvalue weighted by Gasteiger charge is -2.23. The predicted octanol–water partition coefficient (Wildman–Crippen LogP) is 1.87. The van der Waals surface area contributed by atoms with E-state index in [0.717, 1.165) is 12.8 Å². The van der Waals surface area contributed by atoms with Crippen molar-refractivity contribution in [3.63, 3.8) is 0 Å². The van der Waals surface area contributed by atoms with Crippen LogP contribution in [-0.4, -0.2) is 23.8 Å². The first kappa shape index (κ1) is 13.7. The van der Waals surface area contributed by atoms with Crippen molar-refractivity contribution in [1.82, 2.24) is 5.32 Å². The Morgan fingerprint density at radius 2 is 2.06 bits per heavy atom. The van der Waals surface area contributed by atoms with Crippen LogP contribution >= 0.6 is 0 Å². The zero-order valence-electron chi connectivity index (χ0n) is 10.3. The summed E-state index contributed by atoms with van der Waals surface area (Å²) in [5.74, 6) is 0. The Balaban J connectivity index is 2.44. The molecule has 0 saturated carbocycles. The largest absolute Gasteiger partial charge is 0.396 e. The highest BCUT2D eigenvalue weighted by atomic mass is 16.3. The van der Waals surface area contributed by atoms with E-state index in [2.05, 4.69) is 23.5 Å². The number of nitriles is 1. The lowest BCUT2D eigenvalue weighted by Crippen LogP contribution is -2.42. The second-order valence-electron chi connectivity index (χ2n) is 4.43. The fourth-order valence-corrected chi connectivity index (χ4v) is 1.67. The van der Waals surface area contributed by atoms with Crippen LogP contribution in [0.4, 0.5) is 0 Å². The van der Waals surface area contributed by atoms with Gasteiger partial charge in [-0.05, 0) is 38.3 Å². The Morgan fingerprint density at radius 1 is 1.35 bits per heavy atom.